The van der Waals surface area contributed by atoms with E-state index in [0.29, 0.717) is 5.02 Å². The SMILES string of the molecule is C[C@@H](NS(=O)(=O)CCc1cccc(Cl)c1)C(=O)O. The molecule has 1 aromatic carbocycles. The van der Waals surface area contributed by atoms with Crippen LogP contribution in [0.1, 0.15) is 12.5 Å². The molecule has 0 aliphatic carbocycles. The average Bonchev–Trinajstić information content (AvgIpc) is 2.26. The van der Waals surface area contributed by atoms with Gasteiger partial charge in [0.1, 0.15) is 6.04 Å². The molecule has 0 unspecified atom stereocenters. The number of carboxylic acid groups (broad SMARTS) is 1. The number of carboxylic acids is 1. The van der Waals surface area contributed by atoms with E-state index in [1.807, 2.05) is 0 Å². The van der Waals surface area contributed by atoms with Crippen molar-refractivity contribution in [2.45, 2.75) is 19.4 Å². The maximum Gasteiger partial charge on any atom is 0.321 e. The van der Waals surface area contributed by atoms with Crippen molar-refractivity contribution in [3.8, 4) is 0 Å². The second-order valence-electron chi connectivity index (χ2n) is 3.88. The smallest absolute Gasteiger partial charge is 0.321 e. The predicted octanol–water partition coefficient (Wildman–Crippen LogP) is 1.27. The summed E-state index contributed by atoms with van der Waals surface area (Å²) < 4.78 is 25.3. The van der Waals surface area contributed by atoms with Gasteiger partial charge in [-0.3, -0.25) is 4.79 Å². The van der Waals surface area contributed by atoms with E-state index in [4.69, 9.17) is 16.7 Å². The molecular weight excluding hydrogens is 278 g/mol. The zero-order valence-corrected chi connectivity index (χ0v) is 11.3. The molecule has 0 saturated carbocycles. The Morgan fingerprint density at radius 3 is 2.72 bits per heavy atom. The average molecular weight is 292 g/mol. The van der Waals surface area contributed by atoms with Crippen molar-refractivity contribution in [1.82, 2.24) is 4.72 Å². The van der Waals surface area contributed by atoms with Gasteiger partial charge in [-0.25, -0.2) is 13.1 Å². The topological polar surface area (TPSA) is 83.5 Å². The predicted molar refractivity (Wildman–Crippen MR) is 69.2 cm³/mol. The van der Waals surface area contributed by atoms with Crippen molar-refractivity contribution >= 4 is 27.6 Å². The molecule has 7 heteroatoms. The first-order valence-electron chi connectivity index (χ1n) is 5.27. The molecule has 1 rings (SSSR count). The van der Waals surface area contributed by atoms with Crippen LogP contribution in [0.4, 0.5) is 0 Å². The van der Waals surface area contributed by atoms with Gasteiger partial charge in [0.15, 0.2) is 0 Å². The van der Waals surface area contributed by atoms with E-state index in [1.165, 1.54) is 6.92 Å². The second-order valence-corrected chi connectivity index (χ2v) is 6.19. The third-order valence-electron chi connectivity index (χ3n) is 2.28. The van der Waals surface area contributed by atoms with Crippen LogP contribution in [0, 0.1) is 0 Å². The van der Waals surface area contributed by atoms with E-state index < -0.39 is 22.0 Å². The van der Waals surface area contributed by atoms with Crippen LogP contribution in [0.2, 0.25) is 5.02 Å². The van der Waals surface area contributed by atoms with Crippen LogP contribution in [0.25, 0.3) is 0 Å². The fourth-order valence-electron chi connectivity index (χ4n) is 1.32. The Hall–Kier alpha value is -1.11. The van der Waals surface area contributed by atoms with Gasteiger partial charge < -0.3 is 5.11 Å². The lowest BCUT2D eigenvalue weighted by molar-refractivity contribution is -0.138. The van der Waals surface area contributed by atoms with Crippen molar-refractivity contribution < 1.29 is 18.3 Å². The molecule has 0 heterocycles. The number of sulfonamides is 1. The summed E-state index contributed by atoms with van der Waals surface area (Å²) in [6.45, 7) is 1.28. The summed E-state index contributed by atoms with van der Waals surface area (Å²) in [5, 5.41) is 9.16. The van der Waals surface area contributed by atoms with E-state index in [9.17, 15) is 13.2 Å². The highest BCUT2D eigenvalue weighted by Crippen LogP contribution is 2.11. The lowest BCUT2D eigenvalue weighted by Gasteiger charge is -2.10. The molecular formula is C11H14ClNO4S. The Bertz CT molecular complexity index is 530. The normalized spacial score (nSPS) is 13.2. The van der Waals surface area contributed by atoms with Gasteiger partial charge in [-0.1, -0.05) is 23.7 Å². The van der Waals surface area contributed by atoms with Gasteiger partial charge >= 0.3 is 5.97 Å². The Kier molecular flexibility index (Phi) is 5.13. The number of aliphatic carboxylic acids is 1. The number of rotatable bonds is 6. The van der Waals surface area contributed by atoms with Gasteiger partial charge in [0, 0.05) is 5.02 Å². The summed E-state index contributed by atoms with van der Waals surface area (Å²) >= 11 is 5.78. The maximum atomic E-state index is 11.6. The molecule has 0 saturated heterocycles. The number of carbonyl (C=O) groups is 1. The van der Waals surface area contributed by atoms with Gasteiger partial charge in [0.2, 0.25) is 10.0 Å². The number of halogens is 1. The van der Waals surface area contributed by atoms with Gasteiger partial charge in [-0.15, -0.1) is 0 Å². The molecule has 100 valence electrons. The Balaban J connectivity index is 2.59. The Morgan fingerprint density at radius 1 is 1.50 bits per heavy atom. The lowest BCUT2D eigenvalue weighted by Crippen LogP contribution is -2.39. The summed E-state index contributed by atoms with van der Waals surface area (Å²) in [6.07, 6.45) is 0.280. The number of hydrogen-bond acceptors (Lipinski definition) is 3. The zero-order valence-electron chi connectivity index (χ0n) is 9.76. The largest absolute Gasteiger partial charge is 0.480 e. The van der Waals surface area contributed by atoms with Crippen molar-refractivity contribution in [1.29, 1.82) is 0 Å². The molecule has 1 atom stereocenters. The third-order valence-corrected chi connectivity index (χ3v) is 3.96. The van der Waals surface area contributed by atoms with Crippen molar-refractivity contribution in [2.75, 3.05) is 5.75 Å². The summed E-state index contributed by atoms with van der Waals surface area (Å²) in [4.78, 5) is 10.6. The quantitative estimate of drug-likeness (QED) is 0.827. The van der Waals surface area contributed by atoms with Crippen LogP contribution in [0.5, 0.6) is 0 Å². The molecule has 5 nitrogen and oxygen atoms in total. The van der Waals surface area contributed by atoms with E-state index in [0.717, 1.165) is 5.56 Å². The molecule has 0 radical (unpaired) electrons. The minimum Gasteiger partial charge on any atom is -0.480 e. The summed E-state index contributed by atoms with van der Waals surface area (Å²) in [5.41, 5.74) is 0.788. The second kappa shape index (κ2) is 6.17. The Morgan fingerprint density at radius 2 is 2.17 bits per heavy atom. The molecule has 0 amide bonds. The standard InChI is InChI=1S/C11H14ClNO4S/c1-8(11(14)15)13-18(16,17)6-5-9-3-2-4-10(12)7-9/h2-4,7-8,13H,5-6H2,1H3,(H,14,15)/t8-/m1/s1. The van der Waals surface area contributed by atoms with Gasteiger partial charge in [0.05, 0.1) is 5.75 Å². The highest BCUT2D eigenvalue weighted by molar-refractivity contribution is 7.89. The third kappa shape index (κ3) is 5.03. The Labute approximate surface area is 111 Å². The number of nitrogens with one attached hydrogen (secondary N) is 1. The number of benzene rings is 1. The monoisotopic (exact) mass is 291 g/mol. The van der Waals surface area contributed by atoms with E-state index >= 15 is 0 Å². The molecule has 2 N–H and O–H groups in total. The summed E-state index contributed by atoms with van der Waals surface area (Å²) in [6, 6.07) is 5.75. The first kappa shape index (κ1) is 14.9. The summed E-state index contributed by atoms with van der Waals surface area (Å²) in [5.74, 6) is -1.38. The maximum absolute atomic E-state index is 11.6. The molecule has 1 aromatic rings. The molecule has 0 aliphatic heterocycles. The van der Waals surface area contributed by atoms with E-state index in [1.54, 1.807) is 24.3 Å². The fraction of sp³-hybridized carbons (Fsp3) is 0.364. The van der Waals surface area contributed by atoms with E-state index in [-0.39, 0.29) is 12.2 Å². The van der Waals surface area contributed by atoms with Crippen LogP contribution < -0.4 is 4.72 Å². The minimum atomic E-state index is -3.61. The van der Waals surface area contributed by atoms with Crippen LogP contribution in [0.3, 0.4) is 0 Å². The zero-order chi connectivity index (χ0) is 13.8. The van der Waals surface area contributed by atoms with E-state index in [2.05, 4.69) is 4.72 Å². The highest BCUT2D eigenvalue weighted by Gasteiger charge is 2.19. The van der Waals surface area contributed by atoms with Crippen molar-refractivity contribution in [3.63, 3.8) is 0 Å². The highest BCUT2D eigenvalue weighted by atomic mass is 35.5. The first-order valence-corrected chi connectivity index (χ1v) is 7.30. The van der Waals surface area contributed by atoms with Crippen LogP contribution in [-0.2, 0) is 21.2 Å². The number of aryl methyl sites for hydroxylation is 1. The minimum absolute atomic E-state index is 0.176. The van der Waals surface area contributed by atoms with Crippen LogP contribution in [0.15, 0.2) is 24.3 Å². The molecule has 0 spiro atoms. The van der Waals surface area contributed by atoms with Gasteiger partial charge in [-0.2, -0.15) is 0 Å². The number of hydrogen-bond donors (Lipinski definition) is 2. The molecule has 0 aliphatic rings. The van der Waals surface area contributed by atoms with Crippen molar-refractivity contribution in [3.05, 3.63) is 34.9 Å². The lowest BCUT2D eigenvalue weighted by atomic mass is 10.2. The van der Waals surface area contributed by atoms with Gasteiger partial charge in [-0.05, 0) is 31.0 Å². The van der Waals surface area contributed by atoms with Crippen molar-refractivity contribution in [2.24, 2.45) is 0 Å². The molecule has 18 heavy (non-hydrogen) atoms. The molecule has 0 bridgehead atoms. The van der Waals surface area contributed by atoms with Crippen LogP contribution in [-0.4, -0.2) is 31.3 Å². The molecule has 0 fully saturated rings. The van der Waals surface area contributed by atoms with Crippen LogP contribution >= 0.6 is 11.6 Å². The summed E-state index contributed by atoms with van der Waals surface area (Å²) in [7, 11) is -3.61. The molecule has 0 aromatic heterocycles. The fourth-order valence-corrected chi connectivity index (χ4v) is 2.80. The first-order chi connectivity index (χ1) is 8.30. The van der Waals surface area contributed by atoms with Gasteiger partial charge in [0.25, 0.3) is 0 Å².